The molecule has 2 atom stereocenters. The van der Waals surface area contributed by atoms with Crippen molar-refractivity contribution in [1.82, 2.24) is 20.0 Å². The van der Waals surface area contributed by atoms with E-state index in [1.54, 1.807) is 23.9 Å². The van der Waals surface area contributed by atoms with Gasteiger partial charge in [-0.2, -0.15) is 0 Å². The highest BCUT2D eigenvalue weighted by Crippen LogP contribution is 2.46. The molecule has 3 heterocycles. The topological polar surface area (TPSA) is 35.2 Å². The zero-order valence-electron chi connectivity index (χ0n) is 16.6. The molecule has 1 saturated heterocycles. The molecule has 2 aliphatic heterocycles. The standard InChI is InChI=1S/C22H21F3N4S/c1-13-28(12-18(30-13)14-4-6-15(23)7-5-14)29-11-3-10-22(29,2)21-26-17-9-8-16(24)19(25)20(17)27-21/h4-9,12-13H,3,10-11H2,1-2H3,(H,26,27)/t13?,22-/m0/s1. The number of imidazole rings is 1. The third kappa shape index (κ3) is 3.01. The number of hydrogen-bond donors (Lipinski definition) is 1. The second-order valence-electron chi connectivity index (χ2n) is 7.94. The summed E-state index contributed by atoms with van der Waals surface area (Å²) in [6.45, 7) is 5.01. The Labute approximate surface area is 176 Å². The fraction of sp³-hybridized carbons (Fsp3) is 0.318. The zero-order valence-corrected chi connectivity index (χ0v) is 17.4. The number of H-pyrrole nitrogens is 1. The largest absolute Gasteiger partial charge is 0.340 e. The van der Waals surface area contributed by atoms with E-state index in [1.807, 2.05) is 0 Å². The highest BCUT2D eigenvalue weighted by atomic mass is 32.2. The lowest BCUT2D eigenvalue weighted by molar-refractivity contribution is -0.0492. The van der Waals surface area contributed by atoms with Gasteiger partial charge in [-0.25, -0.2) is 23.2 Å². The van der Waals surface area contributed by atoms with Crippen LogP contribution in [0.3, 0.4) is 0 Å². The number of halogens is 3. The quantitative estimate of drug-likeness (QED) is 0.587. The van der Waals surface area contributed by atoms with Crippen molar-refractivity contribution in [2.24, 2.45) is 0 Å². The summed E-state index contributed by atoms with van der Waals surface area (Å²) in [7, 11) is 0. The SMILES string of the molecule is CC1SC(c2ccc(F)cc2)=CN1N1CCC[C@@]1(C)c1nc2c(F)c(F)ccc2[nH]1. The Morgan fingerprint density at radius 3 is 2.67 bits per heavy atom. The molecule has 5 rings (SSSR count). The van der Waals surface area contributed by atoms with Crippen LogP contribution in [0.1, 0.15) is 38.1 Å². The van der Waals surface area contributed by atoms with Crippen LogP contribution in [0.2, 0.25) is 0 Å². The molecular weight excluding hydrogens is 409 g/mol. The molecule has 8 heteroatoms. The van der Waals surface area contributed by atoms with Gasteiger partial charge in [0.25, 0.3) is 0 Å². The number of aromatic nitrogens is 2. The van der Waals surface area contributed by atoms with Crippen molar-refractivity contribution in [1.29, 1.82) is 0 Å². The van der Waals surface area contributed by atoms with Gasteiger partial charge in [0.05, 0.1) is 16.4 Å². The van der Waals surface area contributed by atoms with Crippen LogP contribution in [-0.2, 0) is 5.54 Å². The molecule has 0 bridgehead atoms. The smallest absolute Gasteiger partial charge is 0.186 e. The van der Waals surface area contributed by atoms with E-state index in [2.05, 4.69) is 40.0 Å². The van der Waals surface area contributed by atoms with Crippen molar-refractivity contribution < 1.29 is 13.2 Å². The van der Waals surface area contributed by atoms with Gasteiger partial charge in [0.15, 0.2) is 11.6 Å². The fourth-order valence-electron chi connectivity index (χ4n) is 4.35. The summed E-state index contributed by atoms with van der Waals surface area (Å²) in [6, 6.07) is 9.13. The molecule has 0 spiro atoms. The maximum Gasteiger partial charge on any atom is 0.186 e. The van der Waals surface area contributed by atoms with Crippen LogP contribution in [0.15, 0.2) is 42.6 Å². The minimum Gasteiger partial charge on any atom is -0.340 e. The average Bonchev–Trinajstić information content (AvgIpc) is 3.43. The fourth-order valence-corrected chi connectivity index (χ4v) is 5.44. The Balaban J connectivity index is 1.51. The van der Waals surface area contributed by atoms with Crippen molar-refractivity contribution in [3.05, 3.63) is 71.4 Å². The van der Waals surface area contributed by atoms with Gasteiger partial charge in [-0.15, -0.1) is 0 Å². The van der Waals surface area contributed by atoms with E-state index in [0.29, 0.717) is 11.3 Å². The van der Waals surface area contributed by atoms with E-state index in [4.69, 9.17) is 0 Å². The number of nitrogens with one attached hydrogen (secondary N) is 1. The summed E-state index contributed by atoms with van der Waals surface area (Å²) in [6.07, 6.45) is 3.87. The van der Waals surface area contributed by atoms with Gasteiger partial charge >= 0.3 is 0 Å². The van der Waals surface area contributed by atoms with Gasteiger partial charge in [-0.05, 0) is 56.5 Å². The molecule has 0 radical (unpaired) electrons. The summed E-state index contributed by atoms with van der Waals surface area (Å²) in [4.78, 5) is 8.72. The number of hydrazine groups is 1. The lowest BCUT2D eigenvalue weighted by atomic mass is 9.99. The van der Waals surface area contributed by atoms with E-state index in [9.17, 15) is 13.2 Å². The first-order valence-corrected chi connectivity index (χ1v) is 10.8. The van der Waals surface area contributed by atoms with E-state index < -0.39 is 17.2 Å². The number of aromatic amines is 1. The van der Waals surface area contributed by atoms with Crippen LogP contribution in [0, 0.1) is 17.5 Å². The van der Waals surface area contributed by atoms with Crippen molar-refractivity contribution in [3.8, 4) is 0 Å². The second kappa shape index (κ2) is 7.06. The van der Waals surface area contributed by atoms with Crippen molar-refractivity contribution in [2.45, 2.75) is 37.6 Å². The Morgan fingerprint density at radius 2 is 1.90 bits per heavy atom. The van der Waals surface area contributed by atoms with Crippen LogP contribution >= 0.6 is 11.8 Å². The van der Waals surface area contributed by atoms with E-state index in [1.165, 1.54) is 18.2 Å². The van der Waals surface area contributed by atoms with Gasteiger partial charge in [-0.1, -0.05) is 23.9 Å². The number of nitrogens with zero attached hydrogens (tertiary/aromatic N) is 3. The van der Waals surface area contributed by atoms with Crippen molar-refractivity contribution >= 4 is 27.7 Å². The third-order valence-corrected chi connectivity index (χ3v) is 7.14. The summed E-state index contributed by atoms with van der Waals surface area (Å²) in [5.74, 6) is -1.45. The normalized spacial score (nSPS) is 24.8. The number of benzene rings is 2. The summed E-state index contributed by atoms with van der Waals surface area (Å²) in [5.41, 5.74) is 1.01. The lowest BCUT2D eigenvalue weighted by Gasteiger charge is -2.41. The number of thioether (sulfide) groups is 1. The number of hydrogen-bond acceptors (Lipinski definition) is 4. The lowest BCUT2D eigenvalue weighted by Crippen LogP contribution is -2.50. The van der Waals surface area contributed by atoms with Gasteiger partial charge in [0, 0.05) is 17.6 Å². The highest BCUT2D eigenvalue weighted by Gasteiger charge is 2.45. The monoisotopic (exact) mass is 430 g/mol. The Bertz CT molecular complexity index is 1140. The average molecular weight is 430 g/mol. The first-order chi connectivity index (χ1) is 14.4. The van der Waals surface area contributed by atoms with Crippen LogP contribution in [0.25, 0.3) is 15.9 Å². The maximum atomic E-state index is 14.2. The predicted octanol–water partition coefficient (Wildman–Crippen LogP) is 5.60. The van der Waals surface area contributed by atoms with Crippen molar-refractivity contribution in [3.63, 3.8) is 0 Å². The molecule has 156 valence electrons. The van der Waals surface area contributed by atoms with Crippen LogP contribution < -0.4 is 0 Å². The highest BCUT2D eigenvalue weighted by molar-refractivity contribution is 8.09. The van der Waals surface area contributed by atoms with E-state index in [0.717, 1.165) is 35.9 Å². The summed E-state index contributed by atoms with van der Waals surface area (Å²) >= 11 is 1.71. The van der Waals surface area contributed by atoms with Crippen LogP contribution in [0.5, 0.6) is 0 Å². The minimum absolute atomic E-state index is 0.0319. The molecule has 1 fully saturated rings. The third-order valence-electron chi connectivity index (χ3n) is 5.99. The summed E-state index contributed by atoms with van der Waals surface area (Å²) < 4.78 is 41.2. The number of fused-ring (bicyclic) bond motifs is 1. The molecule has 1 aromatic heterocycles. The maximum absolute atomic E-state index is 14.2. The molecule has 0 aliphatic carbocycles. The Morgan fingerprint density at radius 1 is 1.13 bits per heavy atom. The van der Waals surface area contributed by atoms with Crippen LogP contribution in [0.4, 0.5) is 13.2 Å². The molecule has 1 unspecified atom stereocenters. The first kappa shape index (κ1) is 19.5. The Hall–Kier alpha value is -2.45. The zero-order chi connectivity index (χ0) is 21.0. The van der Waals surface area contributed by atoms with E-state index in [-0.39, 0.29) is 16.7 Å². The molecule has 4 nitrogen and oxygen atoms in total. The van der Waals surface area contributed by atoms with Gasteiger partial charge < -0.3 is 4.98 Å². The second-order valence-corrected chi connectivity index (χ2v) is 9.30. The Kier molecular flexibility index (Phi) is 4.59. The molecule has 2 aromatic carbocycles. The predicted molar refractivity (Wildman–Crippen MR) is 113 cm³/mol. The molecular formula is C22H21F3N4S. The summed E-state index contributed by atoms with van der Waals surface area (Å²) in [5, 5.41) is 4.56. The minimum atomic E-state index is -0.924. The van der Waals surface area contributed by atoms with E-state index >= 15 is 0 Å². The van der Waals surface area contributed by atoms with Gasteiger partial charge in [-0.3, -0.25) is 5.01 Å². The molecule has 2 aliphatic rings. The molecule has 30 heavy (non-hydrogen) atoms. The van der Waals surface area contributed by atoms with Gasteiger partial charge in [0.1, 0.15) is 17.2 Å². The van der Waals surface area contributed by atoms with Gasteiger partial charge in [0.2, 0.25) is 0 Å². The molecule has 3 aromatic rings. The van der Waals surface area contributed by atoms with Crippen LogP contribution in [-0.4, -0.2) is 31.9 Å². The van der Waals surface area contributed by atoms with Crippen molar-refractivity contribution in [2.75, 3.05) is 6.54 Å². The molecule has 0 amide bonds. The first-order valence-electron chi connectivity index (χ1n) is 9.91. The number of rotatable bonds is 3. The molecule has 0 saturated carbocycles. The molecule has 1 N–H and O–H groups in total.